The minimum atomic E-state index is -1.17. The van der Waals surface area contributed by atoms with Crippen molar-refractivity contribution in [3.05, 3.63) is 55.6 Å². The third kappa shape index (κ3) is 4.90. The Morgan fingerprint density at radius 3 is 2.29 bits per heavy atom. The summed E-state index contributed by atoms with van der Waals surface area (Å²) in [5, 5.41) is 10.7. The molecule has 3 fully saturated rings. The Bertz CT molecular complexity index is 1200. The summed E-state index contributed by atoms with van der Waals surface area (Å²) in [5.74, 6) is -2.39. The number of ether oxygens (including phenoxy) is 1. The summed E-state index contributed by atoms with van der Waals surface area (Å²) < 4.78 is 7.01. The first-order valence-electron chi connectivity index (χ1n) is 15.4. The molecule has 42 heavy (non-hydrogen) atoms. The molecule has 1 aromatic rings. The number of nitrogens with zero attached hydrogens (tertiary/aromatic N) is 3. The highest BCUT2D eigenvalue weighted by Crippen LogP contribution is 2.65. The number of rotatable bonds is 12. The standard InChI is InChI=1S/C34H49N3O5/c1-9-20-35(24-16-14-13-15-17-24)29(39)26-27-30(40)37(25(22-38)23(5)11-3)28(31(41)36(21-10-2)32(6,7)8)34(27)19-18-33(26,12-4)42-34/h9-10,13-17,23,25-28,38H,1-2,11-12,18-22H2,3-8H3/t23-,25-,26+,27-,28?,33-,34?/m0/s1. The summed E-state index contributed by atoms with van der Waals surface area (Å²) in [4.78, 5) is 49.2. The lowest BCUT2D eigenvalue weighted by molar-refractivity contribution is -0.160. The zero-order chi connectivity index (χ0) is 31.0. The summed E-state index contributed by atoms with van der Waals surface area (Å²) in [7, 11) is 0. The van der Waals surface area contributed by atoms with E-state index < -0.39 is 40.7 Å². The highest BCUT2D eigenvalue weighted by molar-refractivity contribution is 6.03. The smallest absolute Gasteiger partial charge is 0.249 e. The Kier molecular flexibility index (Phi) is 9.10. The van der Waals surface area contributed by atoms with Gasteiger partial charge in [-0.15, -0.1) is 13.2 Å². The van der Waals surface area contributed by atoms with E-state index in [1.807, 2.05) is 71.9 Å². The van der Waals surface area contributed by atoms with Crippen LogP contribution in [0.15, 0.2) is 55.6 Å². The number of aliphatic hydroxyl groups excluding tert-OH is 1. The van der Waals surface area contributed by atoms with E-state index in [9.17, 15) is 19.5 Å². The summed E-state index contributed by atoms with van der Waals surface area (Å²) >= 11 is 0. The Morgan fingerprint density at radius 1 is 1.12 bits per heavy atom. The number of aliphatic hydroxyl groups is 1. The van der Waals surface area contributed by atoms with Crippen molar-refractivity contribution in [3.63, 3.8) is 0 Å². The molecular weight excluding hydrogens is 530 g/mol. The van der Waals surface area contributed by atoms with Crippen LogP contribution in [0.4, 0.5) is 5.69 Å². The van der Waals surface area contributed by atoms with Gasteiger partial charge in [-0.3, -0.25) is 14.4 Å². The van der Waals surface area contributed by atoms with E-state index in [0.29, 0.717) is 32.2 Å². The molecule has 1 N–H and O–H groups in total. The minimum Gasteiger partial charge on any atom is -0.394 e. The van der Waals surface area contributed by atoms with E-state index >= 15 is 0 Å². The van der Waals surface area contributed by atoms with Crippen molar-refractivity contribution < 1.29 is 24.2 Å². The molecule has 3 aliphatic rings. The van der Waals surface area contributed by atoms with Crippen molar-refractivity contribution in [2.75, 3.05) is 24.6 Å². The topological polar surface area (TPSA) is 90.4 Å². The third-order valence-corrected chi connectivity index (χ3v) is 10.00. The second-order valence-electron chi connectivity index (χ2n) is 13.2. The van der Waals surface area contributed by atoms with Gasteiger partial charge in [0.2, 0.25) is 17.7 Å². The molecule has 0 saturated carbocycles. The van der Waals surface area contributed by atoms with Crippen molar-refractivity contribution in [1.29, 1.82) is 0 Å². The van der Waals surface area contributed by atoms with Crippen molar-refractivity contribution in [2.45, 2.75) is 96.1 Å². The zero-order valence-corrected chi connectivity index (χ0v) is 26.2. The normalized spacial score (nSPS) is 29.6. The first-order valence-corrected chi connectivity index (χ1v) is 15.4. The lowest BCUT2D eigenvalue weighted by Crippen LogP contribution is -2.62. The Hall–Kier alpha value is -2.97. The number of carbonyl (C=O) groups excluding carboxylic acids is 3. The van der Waals surface area contributed by atoms with Crippen LogP contribution < -0.4 is 4.90 Å². The molecule has 0 radical (unpaired) electrons. The SMILES string of the molecule is C=CCN(C(=O)[C@H]1[C@H]2C(=O)N([C@@H](CO)[C@@H](C)CC)C(C(=O)N(CC=C)C(C)(C)C)C23CC[C@]1(CC)O3)c1ccccc1. The van der Waals surface area contributed by atoms with Crippen molar-refractivity contribution in [2.24, 2.45) is 17.8 Å². The van der Waals surface area contributed by atoms with E-state index in [-0.39, 0.29) is 36.8 Å². The maximum Gasteiger partial charge on any atom is 0.249 e. The van der Waals surface area contributed by atoms with Gasteiger partial charge in [0.15, 0.2) is 0 Å². The predicted molar refractivity (Wildman–Crippen MR) is 165 cm³/mol. The maximum atomic E-state index is 14.8. The summed E-state index contributed by atoms with van der Waals surface area (Å²) in [6, 6.07) is 7.85. The largest absolute Gasteiger partial charge is 0.394 e. The van der Waals surface area contributed by atoms with Gasteiger partial charge in [-0.25, -0.2) is 0 Å². The molecule has 4 rings (SSSR count). The molecule has 1 spiro atoms. The van der Waals surface area contributed by atoms with Gasteiger partial charge < -0.3 is 24.5 Å². The van der Waals surface area contributed by atoms with Gasteiger partial charge in [0.05, 0.1) is 30.1 Å². The number of fused-ring (bicyclic) bond motifs is 1. The predicted octanol–water partition coefficient (Wildman–Crippen LogP) is 4.58. The minimum absolute atomic E-state index is 0.0694. The maximum absolute atomic E-state index is 14.8. The van der Waals surface area contributed by atoms with E-state index in [0.717, 1.165) is 5.69 Å². The molecule has 8 nitrogen and oxygen atoms in total. The van der Waals surface area contributed by atoms with Crippen LogP contribution in [0.1, 0.15) is 67.2 Å². The number of hydrogen-bond donors (Lipinski definition) is 1. The summed E-state index contributed by atoms with van der Waals surface area (Å²) in [5.41, 5.74) is -1.88. The molecule has 0 aromatic heterocycles. The van der Waals surface area contributed by atoms with Gasteiger partial charge in [0.1, 0.15) is 11.6 Å². The molecule has 230 valence electrons. The Morgan fingerprint density at radius 2 is 1.76 bits per heavy atom. The van der Waals surface area contributed by atoms with E-state index in [1.54, 1.807) is 26.9 Å². The van der Waals surface area contributed by atoms with Crippen LogP contribution in [0.5, 0.6) is 0 Å². The number of carbonyl (C=O) groups is 3. The number of benzene rings is 1. The third-order valence-electron chi connectivity index (χ3n) is 10.00. The second kappa shape index (κ2) is 12.0. The summed E-state index contributed by atoms with van der Waals surface area (Å²) in [6.45, 7) is 19.9. The zero-order valence-electron chi connectivity index (χ0n) is 26.2. The average molecular weight is 580 g/mol. The summed E-state index contributed by atoms with van der Waals surface area (Å²) in [6.07, 6.45) is 5.69. The Labute approximate surface area is 251 Å². The van der Waals surface area contributed by atoms with Gasteiger partial charge in [-0.2, -0.15) is 0 Å². The van der Waals surface area contributed by atoms with Crippen LogP contribution in [0.2, 0.25) is 0 Å². The fraction of sp³-hybridized carbons (Fsp3) is 0.618. The van der Waals surface area contributed by atoms with Gasteiger partial charge in [-0.1, -0.05) is 57.5 Å². The number of hydrogen-bond acceptors (Lipinski definition) is 5. The first-order chi connectivity index (χ1) is 19.9. The molecule has 7 atom stereocenters. The number of anilines is 1. The fourth-order valence-corrected chi connectivity index (χ4v) is 7.68. The average Bonchev–Trinajstić information content (AvgIpc) is 3.58. The van der Waals surface area contributed by atoms with Crippen LogP contribution in [0, 0.1) is 17.8 Å². The quantitative estimate of drug-likeness (QED) is 0.366. The van der Waals surface area contributed by atoms with Crippen LogP contribution in [0.25, 0.3) is 0 Å². The van der Waals surface area contributed by atoms with Gasteiger partial charge >= 0.3 is 0 Å². The lowest BCUT2D eigenvalue weighted by Gasteiger charge is -2.44. The van der Waals surface area contributed by atoms with Crippen LogP contribution in [-0.4, -0.2) is 81.1 Å². The second-order valence-corrected chi connectivity index (χ2v) is 13.2. The monoisotopic (exact) mass is 579 g/mol. The molecule has 2 unspecified atom stereocenters. The molecule has 3 saturated heterocycles. The molecule has 2 bridgehead atoms. The molecular formula is C34H49N3O5. The van der Waals surface area contributed by atoms with E-state index in [4.69, 9.17) is 4.74 Å². The fourth-order valence-electron chi connectivity index (χ4n) is 7.68. The molecule has 3 heterocycles. The van der Waals surface area contributed by atoms with Crippen LogP contribution >= 0.6 is 0 Å². The highest BCUT2D eigenvalue weighted by atomic mass is 16.5. The van der Waals surface area contributed by atoms with Gasteiger partial charge in [-0.05, 0) is 58.1 Å². The highest BCUT2D eigenvalue weighted by Gasteiger charge is 2.79. The first kappa shape index (κ1) is 32.0. The van der Waals surface area contributed by atoms with Gasteiger partial charge in [0, 0.05) is 24.3 Å². The molecule has 0 aliphatic carbocycles. The van der Waals surface area contributed by atoms with Crippen LogP contribution in [0.3, 0.4) is 0 Å². The van der Waals surface area contributed by atoms with Crippen molar-refractivity contribution >= 4 is 23.4 Å². The molecule has 1 aromatic carbocycles. The molecule has 8 heteroatoms. The molecule has 3 amide bonds. The van der Waals surface area contributed by atoms with E-state index in [1.165, 1.54) is 0 Å². The number of amides is 3. The Balaban J connectivity index is 1.91. The molecule has 3 aliphatic heterocycles. The lowest BCUT2D eigenvalue weighted by atomic mass is 9.64. The van der Waals surface area contributed by atoms with Gasteiger partial charge in [0.25, 0.3) is 0 Å². The van der Waals surface area contributed by atoms with Crippen molar-refractivity contribution in [1.82, 2.24) is 9.80 Å². The van der Waals surface area contributed by atoms with Crippen LogP contribution in [-0.2, 0) is 19.1 Å². The van der Waals surface area contributed by atoms with E-state index in [2.05, 4.69) is 13.2 Å². The number of para-hydroxylation sites is 1. The number of likely N-dealkylation sites (tertiary alicyclic amines) is 1. The van der Waals surface area contributed by atoms with Crippen molar-refractivity contribution in [3.8, 4) is 0 Å².